The third kappa shape index (κ3) is 2.78. The van der Waals surface area contributed by atoms with Crippen molar-refractivity contribution in [1.29, 1.82) is 5.26 Å². The van der Waals surface area contributed by atoms with Crippen LogP contribution in [0.1, 0.15) is 22.5 Å². The predicted molar refractivity (Wildman–Crippen MR) is 74.6 cm³/mol. The summed E-state index contributed by atoms with van der Waals surface area (Å²) in [7, 11) is 1.90. The van der Waals surface area contributed by atoms with E-state index in [-0.39, 0.29) is 6.61 Å². The number of hydrogen-bond acceptors (Lipinski definition) is 3. The Morgan fingerprint density at radius 1 is 1.32 bits per heavy atom. The summed E-state index contributed by atoms with van der Waals surface area (Å²) in [5.74, 6) is 0. The topological polar surface area (TPSA) is 61.0 Å². The van der Waals surface area contributed by atoms with Crippen molar-refractivity contribution in [2.24, 2.45) is 7.05 Å². The number of benzene rings is 1. The van der Waals surface area contributed by atoms with Gasteiger partial charge in [0, 0.05) is 25.0 Å². The predicted octanol–water partition coefficient (Wildman–Crippen LogP) is 2.31. The largest absolute Gasteiger partial charge is 0.392 e. The van der Waals surface area contributed by atoms with Gasteiger partial charge in [-0.05, 0) is 36.2 Å². The van der Waals surface area contributed by atoms with Gasteiger partial charge >= 0.3 is 0 Å². The maximum atomic E-state index is 8.98. The van der Waals surface area contributed by atoms with Gasteiger partial charge in [-0.15, -0.1) is 0 Å². The van der Waals surface area contributed by atoms with Gasteiger partial charge in [-0.25, -0.2) is 0 Å². The zero-order valence-electron chi connectivity index (χ0n) is 11.1. The van der Waals surface area contributed by atoms with E-state index in [0.717, 1.165) is 22.5 Å². The van der Waals surface area contributed by atoms with Gasteiger partial charge in [0.2, 0.25) is 0 Å². The van der Waals surface area contributed by atoms with E-state index in [1.165, 1.54) is 0 Å². The second-order valence-electron chi connectivity index (χ2n) is 4.52. The second-order valence-corrected chi connectivity index (χ2v) is 4.52. The van der Waals surface area contributed by atoms with Crippen LogP contribution in [0.25, 0.3) is 0 Å². The van der Waals surface area contributed by atoms with Gasteiger partial charge < -0.3 is 15.0 Å². The lowest BCUT2D eigenvalue weighted by atomic mass is 10.2. The summed E-state index contributed by atoms with van der Waals surface area (Å²) in [6.07, 6.45) is 0. The number of aliphatic hydroxyl groups is 1. The highest BCUT2D eigenvalue weighted by molar-refractivity contribution is 5.46. The average molecular weight is 255 g/mol. The molecular weight excluding hydrogens is 238 g/mol. The van der Waals surface area contributed by atoms with Gasteiger partial charge in [0.1, 0.15) is 11.8 Å². The number of rotatable bonds is 4. The lowest BCUT2D eigenvalue weighted by Gasteiger charge is -2.07. The highest BCUT2D eigenvalue weighted by atomic mass is 16.3. The molecule has 0 spiro atoms. The van der Waals surface area contributed by atoms with Crippen molar-refractivity contribution in [2.45, 2.75) is 20.1 Å². The maximum absolute atomic E-state index is 8.98. The van der Waals surface area contributed by atoms with Crippen LogP contribution in [0.5, 0.6) is 0 Å². The van der Waals surface area contributed by atoms with Gasteiger partial charge in [-0.1, -0.05) is 12.1 Å². The maximum Gasteiger partial charge on any atom is 0.120 e. The highest BCUT2D eigenvalue weighted by Gasteiger charge is 2.08. The Labute approximate surface area is 112 Å². The van der Waals surface area contributed by atoms with E-state index >= 15 is 0 Å². The van der Waals surface area contributed by atoms with Crippen LogP contribution < -0.4 is 5.32 Å². The SMILES string of the molecule is Cc1c(CNc2ccc(CO)cc2)cc(C#N)n1C. The van der Waals surface area contributed by atoms with Crippen molar-refractivity contribution in [2.75, 3.05) is 5.32 Å². The zero-order chi connectivity index (χ0) is 13.8. The van der Waals surface area contributed by atoms with Crippen molar-refractivity contribution < 1.29 is 5.11 Å². The molecule has 2 N–H and O–H groups in total. The molecule has 0 amide bonds. The van der Waals surface area contributed by atoms with Gasteiger partial charge in [0.25, 0.3) is 0 Å². The first-order valence-electron chi connectivity index (χ1n) is 6.14. The van der Waals surface area contributed by atoms with Crippen molar-refractivity contribution >= 4 is 5.69 Å². The van der Waals surface area contributed by atoms with Crippen LogP contribution in [0.2, 0.25) is 0 Å². The van der Waals surface area contributed by atoms with Crippen LogP contribution in [0.15, 0.2) is 30.3 Å². The lowest BCUT2D eigenvalue weighted by molar-refractivity contribution is 0.282. The number of anilines is 1. The molecule has 0 atom stereocenters. The van der Waals surface area contributed by atoms with E-state index in [1.807, 2.05) is 48.9 Å². The molecule has 1 aromatic heterocycles. The van der Waals surface area contributed by atoms with Crippen LogP contribution in [0.3, 0.4) is 0 Å². The summed E-state index contributed by atoms with van der Waals surface area (Å²) in [5, 5.41) is 21.3. The molecule has 4 heteroatoms. The molecule has 2 aromatic rings. The fourth-order valence-corrected chi connectivity index (χ4v) is 1.97. The molecule has 98 valence electrons. The molecule has 0 radical (unpaired) electrons. The van der Waals surface area contributed by atoms with E-state index in [4.69, 9.17) is 10.4 Å². The number of nitrogens with zero attached hydrogens (tertiary/aromatic N) is 2. The molecule has 0 aliphatic carbocycles. The van der Waals surface area contributed by atoms with Crippen molar-refractivity contribution in [3.63, 3.8) is 0 Å². The molecule has 0 aliphatic heterocycles. The molecule has 0 saturated carbocycles. The lowest BCUT2D eigenvalue weighted by Crippen LogP contribution is -2.01. The quantitative estimate of drug-likeness (QED) is 0.881. The minimum atomic E-state index is 0.0591. The van der Waals surface area contributed by atoms with Gasteiger partial charge in [-0.3, -0.25) is 0 Å². The van der Waals surface area contributed by atoms with Crippen LogP contribution in [-0.2, 0) is 20.2 Å². The van der Waals surface area contributed by atoms with E-state index in [0.29, 0.717) is 12.2 Å². The molecule has 0 saturated heterocycles. The standard InChI is InChI=1S/C15H17N3O/c1-11-13(7-15(8-16)18(11)2)9-17-14-5-3-12(10-19)4-6-14/h3-7,17,19H,9-10H2,1-2H3. The molecule has 1 heterocycles. The Hall–Kier alpha value is -2.25. The summed E-state index contributed by atoms with van der Waals surface area (Å²) in [6.45, 7) is 2.75. The first kappa shape index (κ1) is 13.2. The van der Waals surface area contributed by atoms with Gasteiger partial charge in [-0.2, -0.15) is 5.26 Å². The number of aliphatic hydroxyl groups excluding tert-OH is 1. The van der Waals surface area contributed by atoms with E-state index < -0.39 is 0 Å². The summed E-state index contributed by atoms with van der Waals surface area (Å²) >= 11 is 0. The fraction of sp³-hybridized carbons (Fsp3) is 0.267. The van der Waals surface area contributed by atoms with E-state index in [1.54, 1.807) is 0 Å². The zero-order valence-corrected chi connectivity index (χ0v) is 11.1. The van der Waals surface area contributed by atoms with Crippen LogP contribution in [-0.4, -0.2) is 9.67 Å². The fourth-order valence-electron chi connectivity index (χ4n) is 1.97. The van der Waals surface area contributed by atoms with E-state index in [9.17, 15) is 0 Å². The van der Waals surface area contributed by atoms with Crippen molar-refractivity contribution in [3.05, 3.63) is 52.8 Å². The monoisotopic (exact) mass is 255 g/mol. The number of nitriles is 1. The smallest absolute Gasteiger partial charge is 0.120 e. The first-order chi connectivity index (χ1) is 9.15. The Morgan fingerprint density at radius 3 is 2.53 bits per heavy atom. The molecule has 1 aromatic carbocycles. The highest BCUT2D eigenvalue weighted by Crippen LogP contribution is 2.16. The van der Waals surface area contributed by atoms with Crippen LogP contribution in [0, 0.1) is 18.3 Å². The Balaban J connectivity index is 2.08. The summed E-state index contributed by atoms with van der Waals surface area (Å²) in [6, 6.07) is 11.7. The van der Waals surface area contributed by atoms with Crippen molar-refractivity contribution in [3.8, 4) is 6.07 Å². The minimum Gasteiger partial charge on any atom is -0.392 e. The average Bonchev–Trinajstić information content (AvgIpc) is 2.73. The molecule has 4 nitrogen and oxygen atoms in total. The molecule has 2 rings (SSSR count). The number of aromatic nitrogens is 1. The van der Waals surface area contributed by atoms with Crippen molar-refractivity contribution in [1.82, 2.24) is 4.57 Å². The second kappa shape index (κ2) is 5.59. The number of nitrogens with one attached hydrogen (secondary N) is 1. The van der Waals surface area contributed by atoms with Crippen LogP contribution in [0.4, 0.5) is 5.69 Å². The molecule has 0 unspecified atom stereocenters. The summed E-state index contributed by atoms with van der Waals surface area (Å²) < 4.78 is 1.89. The molecule has 0 fully saturated rings. The third-order valence-corrected chi connectivity index (χ3v) is 3.37. The molecule has 0 aliphatic rings. The van der Waals surface area contributed by atoms with E-state index in [2.05, 4.69) is 11.4 Å². The Kier molecular flexibility index (Phi) is 3.88. The Morgan fingerprint density at radius 2 is 2.00 bits per heavy atom. The summed E-state index contributed by atoms with van der Waals surface area (Å²) in [5.41, 5.74) is 4.78. The van der Waals surface area contributed by atoms with Gasteiger partial charge in [0.15, 0.2) is 0 Å². The summed E-state index contributed by atoms with van der Waals surface area (Å²) in [4.78, 5) is 0. The minimum absolute atomic E-state index is 0.0591. The number of hydrogen-bond donors (Lipinski definition) is 2. The normalized spacial score (nSPS) is 10.2. The molecular formula is C15H17N3O. The first-order valence-corrected chi connectivity index (χ1v) is 6.14. The Bertz CT molecular complexity index is 606. The van der Waals surface area contributed by atoms with Crippen LogP contribution >= 0.6 is 0 Å². The third-order valence-electron chi connectivity index (χ3n) is 3.37. The molecule has 0 bridgehead atoms. The van der Waals surface area contributed by atoms with Gasteiger partial charge in [0.05, 0.1) is 6.61 Å². The molecule has 19 heavy (non-hydrogen) atoms.